The van der Waals surface area contributed by atoms with Crippen LogP contribution in [0.1, 0.15) is 32.3 Å². The highest BCUT2D eigenvalue weighted by molar-refractivity contribution is 6.31. The molecule has 25 heavy (non-hydrogen) atoms. The molecule has 138 valence electrons. The van der Waals surface area contributed by atoms with Gasteiger partial charge in [0, 0.05) is 18.2 Å². The zero-order valence-electron chi connectivity index (χ0n) is 14.4. The smallest absolute Gasteiger partial charge is 0.346 e. The van der Waals surface area contributed by atoms with Crippen LogP contribution in [0.3, 0.4) is 0 Å². The summed E-state index contributed by atoms with van der Waals surface area (Å²) in [4.78, 5) is 16.7. The van der Waals surface area contributed by atoms with E-state index in [1.165, 1.54) is 20.1 Å². The highest BCUT2D eigenvalue weighted by Gasteiger charge is 2.30. The first-order valence-electron chi connectivity index (χ1n) is 8.03. The van der Waals surface area contributed by atoms with Crippen LogP contribution in [-0.4, -0.2) is 44.2 Å². The van der Waals surface area contributed by atoms with E-state index in [9.17, 15) is 9.18 Å². The van der Waals surface area contributed by atoms with Gasteiger partial charge in [-0.2, -0.15) is 0 Å². The summed E-state index contributed by atoms with van der Waals surface area (Å²) >= 11 is 5.91. The molecule has 1 aromatic carbocycles. The molecule has 1 aliphatic rings. The second-order valence-corrected chi connectivity index (χ2v) is 5.94. The minimum atomic E-state index is -0.924. The molecule has 0 aliphatic carbocycles. The minimum absolute atomic E-state index is 0.0880. The number of carbonyl (C=O) groups excluding carboxylic acids is 1. The quantitative estimate of drug-likeness (QED) is 0.516. The van der Waals surface area contributed by atoms with Crippen LogP contribution in [0.2, 0.25) is 5.02 Å². The highest BCUT2D eigenvalue weighted by Crippen LogP contribution is 2.30. The molecule has 0 fully saturated rings. The molecule has 2 rings (SSSR count). The number of carbonyl (C=O) groups is 1. The number of hydrogen-bond acceptors (Lipinski definition) is 6. The lowest BCUT2D eigenvalue weighted by Crippen LogP contribution is -2.28. The van der Waals surface area contributed by atoms with E-state index in [-0.39, 0.29) is 17.4 Å². The predicted molar refractivity (Wildman–Crippen MR) is 90.7 cm³/mol. The van der Waals surface area contributed by atoms with E-state index in [2.05, 4.69) is 16.8 Å². The number of benzene rings is 1. The van der Waals surface area contributed by atoms with Gasteiger partial charge in [-0.1, -0.05) is 30.1 Å². The number of esters is 1. The molecule has 0 bridgehead atoms. The minimum Gasteiger partial charge on any atom is -0.478 e. The summed E-state index contributed by atoms with van der Waals surface area (Å²) in [6, 6.07) is 2.50. The maximum absolute atomic E-state index is 13.9. The van der Waals surface area contributed by atoms with Gasteiger partial charge in [0.2, 0.25) is 0 Å². The molecule has 1 aromatic rings. The van der Waals surface area contributed by atoms with E-state index in [1.807, 2.05) is 0 Å². The molecule has 2 atom stereocenters. The number of methoxy groups -OCH3 is 1. The maximum Gasteiger partial charge on any atom is 0.346 e. The van der Waals surface area contributed by atoms with Gasteiger partial charge in [0.1, 0.15) is 30.0 Å². The van der Waals surface area contributed by atoms with Crippen LogP contribution in [0.4, 0.5) is 4.39 Å². The SMILES string of the molecule is CCCCOC1CON=C1c1cc(Cl)c(F)cc1O[C@@H](C)C(=O)OC. The maximum atomic E-state index is 13.9. The molecule has 0 spiro atoms. The zero-order valence-corrected chi connectivity index (χ0v) is 15.1. The fourth-order valence-corrected chi connectivity index (χ4v) is 2.43. The van der Waals surface area contributed by atoms with E-state index in [4.69, 9.17) is 25.9 Å². The van der Waals surface area contributed by atoms with Gasteiger partial charge in [-0.15, -0.1) is 0 Å². The van der Waals surface area contributed by atoms with Crippen molar-refractivity contribution in [2.24, 2.45) is 5.16 Å². The highest BCUT2D eigenvalue weighted by atomic mass is 35.5. The summed E-state index contributed by atoms with van der Waals surface area (Å²) in [5.74, 6) is -1.13. The topological polar surface area (TPSA) is 66.3 Å². The molecule has 0 N–H and O–H groups in total. The third-order valence-corrected chi connectivity index (χ3v) is 3.94. The lowest BCUT2D eigenvalue weighted by molar-refractivity contribution is -0.147. The van der Waals surface area contributed by atoms with E-state index in [1.54, 1.807) is 0 Å². The van der Waals surface area contributed by atoms with Crippen molar-refractivity contribution in [2.45, 2.75) is 38.9 Å². The molecular weight excluding hydrogens is 353 g/mol. The Labute approximate surface area is 150 Å². The van der Waals surface area contributed by atoms with Crippen molar-refractivity contribution in [1.29, 1.82) is 0 Å². The van der Waals surface area contributed by atoms with Crippen molar-refractivity contribution in [3.63, 3.8) is 0 Å². The van der Waals surface area contributed by atoms with E-state index >= 15 is 0 Å². The molecule has 0 saturated heterocycles. The van der Waals surface area contributed by atoms with Gasteiger partial charge < -0.3 is 19.0 Å². The first-order chi connectivity index (χ1) is 12.0. The largest absolute Gasteiger partial charge is 0.478 e. The molecule has 6 nitrogen and oxygen atoms in total. The Morgan fingerprint density at radius 3 is 2.96 bits per heavy atom. The Hall–Kier alpha value is -1.86. The van der Waals surface area contributed by atoms with E-state index in [0.717, 1.165) is 18.9 Å². The molecular formula is C17H21ClFNO5. The first-order valence-corrected chi connectivity index (χ1v) is 8.41. The molecule has 1 heterocycles. The first kappa shape index (κ1) is 19.5. The molecule has 8 heteroatoms. The molecule has 0 aromatic heterocycles. The zero-order chi connectivity index (χ0) is 18.4. The van der Waals surface area contributed by atoms with Crippen LogP contribution in [0.15, 0.2) is 17.3 Å². The summed E-state index contributed by atoms with van der Waals surface area (Å²) < 4.78 is 29.8. The summed E-state index contributed by atoms with van der Waals surface area (Å²) in [7, 11) is 1.25. The van der Waals surface area contributed by atoms with Crippen molar-refractivity contribution in [3.8, 4) is 5.75 Å². The van der Waals surface area contributed by atoms with Crippen LogP contribution in [0.5, 0.6) is 5.75 Å². The van der Waals surface area contributed by atoms with Gasteiger partial charge in [0.15, 0.2) is 6.10 Å². The predicted octanol–water partition coefficient (Wildman–Crippen LogP) is 3.34. The molecule has 1 aliphatic heterocycles. The molecule has 0 amide bonds. The third-order valence-electron chi connectivity index (χ3n) is 3.65. The summed E-state index contributed by atoms with van der Waals surface area (Å²) in [5, 5.41) is 3.90. The van der Waals surface area contributed by atoms with Gasteiger partial charge in [0.25, 0.3) is 0 Å². The van der Waals surface area contributed by atoms with Crippen LogP contribution in [-0.2, 0) is 19.1 Å². The average molecular weight is 374 g/mol. The summed E-state index contributed by atoms with van der Waals surface area (Å²) in [6.45, 7) is 4.36. The van der Waals surface area contributed by atoms with Crippen LogP contribution >= 0.6 is 11.6 Å². The Morgan fingerprint density at radius 2 is 2.28 bits per heavy atom. The second kappa shape index (κ2) is 9.01. The Morgan fingerprint density at radius 1 is 1.52 bits per heavy atom. The van der Waals surface area contributed by atoms with Crippen LogP contribution in [0.25, 0.3) is 0 Å². The number of oxime groups is 1. The van der Waals surface area contributed by atoms with Gasteiger partial charge >= 0.3 is 5.97 Å². The average Bonchev–Trinajstić information content (AvgIpc) is 3.05. The van der Waals surface area contributed by atoms with Crippen molar-refractivity contribution < 1.29 is 28.2 Å². The summed E-state index contributed by atoms with van der Waals surface area (Å²) in [5.41, 5.74) is 0.867. The monoisotopic (exact) mass is 373 g/mol. The standard InChI is InChI=1S/C17H21ClFNO5/c1-4-5-6-23-15-9-24-20-16(15)11-7-12(18)13(19)8-14(11)25-10(2)17(21)22-3/h7-8,10,15H,4-6,9H2,1-3H3/t10-,15?/m0/s1. The molecule has 0 radical (unpaired) electrons. The molecule has 1 unspecified atom stereocenters. The van der Waals surface area contributed by atoms with Crippen molar-refractivity contribution in [1.82, 2.24) is 0 Å². The number of ether oxygens (including phenoxy) is 3. The number of halogens is 2. The number of nitrogens with zero attached hydrogens (tertiary/aromatic N) is 1. The third kappa shape index (κ3) is 4.83. The number of hydrogen-bond donors (Lipinski definition) is 0. The van der Waals surface area contributed by atoms with Crippen LogP contribution < -0.4 is 4.74 Å². The van der Waals surface area contributed by atoms with Gasteiger partial charge in [-0.25, -0.2) is 9.18 Å². The van der Waals surface area contributed by atoms with E-state index in [0.29, 0.717) is 17.9 Å². The fourth-order valence-electron chi connectivity index (χ4n) is 2.26. The lowest BCUT2D eigenvalue weighted by atomic mass is 10.0. The normalized spacial score (nSPS) is 17.6. The Balaban J connectivity index is 2.29. The van der Waals surface area contributed by atoms with Crippen molar-refractivity contribution in [2.75, 3.05) is 20.3 Å². The fraction of sp³-hybridized carbons (Fsp3) is 0.529. The lowest BCUT2D eigenvalue weighted by Gasteiger charge is -2.18. The van der Waals surface area contributed by atoms with Gasteiger partial charge in [-0.3, -0.25) is 0 Å². The number of unbranched alkanes of at least 4 members (excludes halogenated alkanes) is 1. The Bertz CT molecular complexity index is 652. The Kier molecular flexibility index (Phi) is 7.01. The van der Waals surface area contributed by atoms with Gasteiger partial charge in [-0.05, 0) is 19.4 Å². The molecule has 0 saturated carbocycles. The van der Waals surface area contributed by atoms with Crippen molar-refractivity contribution >= 4 is 23.3 Å². The summed E-state index contributed by atoms with van der Waals surface area (Å²) in [6.07, 6.45) is 0.556. The van der Waals surface area contributed by atoms with E-state index < -0.39 is 24.0 Å². The number of rotatable bonds is 8. The van der Waals surface area contributed by atoms with Crippen molar-refractivity contribution in [3.05, 3.63) is 28.5 Å². The van der Waals surface area contributed by atoms with Crippen LogP contribution in [0, 0.1) is 5.82 Å². The second-order valence-electron chi connectivity index (χ2n) is 5.53. The van der Waals surface area contributed by atoms with Gasteiger partial charge in [0.05, 0.1) is 12.1 Å².